The quantitative estimate of drug-likeness (QED) is 0.841. The first kappa shape index (κ1) is 15.6. The van der Waals surface area contributed by atoms with Gasteiger partial charge < -0.3 is 14.7 Å². The van der Waals surface area contributed by atoms with Crippen LogP contribution in [-0.4, -0.2) is 54.0 Å². The summed E-state index contributed by atoms with van der Waals surface area (Å²) in [7, 11) is 0. The molecule has 0 aromatic rings. The first-order valence-electron chi connectivity index (χ1n) is 6.96. The number of halogens is 3. The average molecular weight is 295 g/mol. The van der Waals surface area contributed by atoms with Crippen LogP contribution in [0.1, 0.15) is 26.2 Å². The van der Waals surface area contributed by atoms with Crippen LogP contribution in [0.25, 0.3) is 0 Å². The molecule has 1 amide bonds. The highest BCUT2D eigenvalue weighted by molar-refractivity contribution is 5.79. The molecule has 0 bridgehead atoms. The van der Waals surface area contributed by atoms with Gasteiger partial charge in [-0.1, -0.05) is 0 Å². The summed E-state index contributed by atoms with van der Waals surface area (Å²) in [6, 6.07) is 0. The minimum atomic E-state index is -4.58. The summed E-state index contributed by atoms with van der Waals surface area (Å²) in [6.07, 6.45) is -5.94. The average Bonchev–Trinajstić information content (AvgIpc) is 2.82. The van der Waals surface area contributed by atoms with Crippen molar-refractivity contribution in [2.24, 2.45) is 11.8 Å². The summed E-state index contributed by atoms with van der Waals surface area (Å²) in [5, 5.41) is 9.24. The molecule has 2 fully saturated rings. The molecule has 0 aromatic carbocycles. The lowest BCUT2D eigenvalue weighted by atomic mass is 9.89. The van der Waals surface area contributed by atoms with E-state index < -0.39 is 18.2 Å². The van der Waals surface area contributed by atoms with Crippen LogP contribution in [0.3, 0.4) is 0 Å². The van der Waals surface area contributed by atoms with E-state index in [0.29, 0.717) is 13.0 Å². The van der Waals surface area contributed by atoms with Crippen molar-refractivity contribution in [1.29, 1.82) is 0 Å². The van der Waals surface area contributed by atoms with Crippen LogP contribution in [0, 0.1) is 11.8 Å². The number of carbonyl (C=O) groups is 1. The summed E-state index contributed by atoms with van der Waals surface area (Å²) in [6.45, 7) is 2.95. The molecule has 1 N–H and O–H groups in total. The van der Waals surface area contributed by atoms with E-state index in [1.165, 1.54) is 0 Å². The molecule has 0 saturated carbocycles. The minimum absolute atomic E-state index is 0.0325. The number of aliphatic hydroxyl groups is 1. The van der Waals surface area contributed by atoms with Crippen molar-refractivity contribution >= 4 is 5.91 Å². The molecule has 0 aliphatic carbocycles. The third-order valence-corrected chi connectivity index (χ3v) is 4.33. The molecule has 3 atom stereocenters. The number of alkyl halides is 3. The number of hydrogen-bond acceptors (Lipinski definition) is 3. The summed E-state index contributed by atoms with van der Waals surface area (Å²) in [5.74, 6) is -1.02. The Morgan fingerprint density at radius 3 is 2.35 bits per heavy atom. The number of nitrogens with zero attached hydrogens (tertiary/aromatic N) is 1. The fraction of sp³-hybridized carbons (Fsp3) is 0.923. The summed E-state index contributed by atoms with van der Waals surface area (Å²) >= 11 is 0. The number of ether oxygens (including phenoxy) is 1. The maximum atomic E-state index is 12.4. The molecule has 4 nitrogen and oxygen atoms in total. The molecule has 7 heteroatoms. The van der Waals surface area contributed by atoms with Crippen molar-refractivity contribution in [3.8, 4) is 0 Å². The van der Waals surface area contributed by atoms with Crippen molar-refractivity contribution in [2.45, 2.75) is 44.6 Å². The van der Waals surface area contributed by atoms with Gasteiger partial charge in [-0.25, -0.2) is 0 Å². The maximum absolute atomic E-state index is 12.4. The van der Waals surface area contributed by atoms with Crippen LogP contribution < -0.4 is 0 Å². The second-order valence-electron chi connectivity index (χ2n) is 5.62. The van der Waals surface area contributed by atoms with Gasteiger partial charge in [-0.05, 0) is 32.1 Å². The molecule has 20 heavy (non-hydrogen) atoms. The molecule has 2 rings (SSSR count). The van der Waals surface area contributed by atoms with E-state index >= 15 is 0 Å². The molecule has 2 aliphatic heterocycles. The van der Waals surface area contributed by atoms with Gasteiger partial charge in [0.05, 0.1) is 12.0 Å². The summed E-state index contributed by atoms with van der Waals surface area (Å²) in [5.41, 5.74) is 0. The third-order valence-electron chi connectivity index (χ3n) is 4.33. The van der Waals surface area contributed by atoms with Crippen LogP contribution in [0.5, 0.6) is 0 Å². The number of piperidine rings is 1. The van der Waals surface area contributed by atoms with Crippen molar-refractivity contribution in [1.82, 2.24) is 4.90 Å². The van der Waals surface area contributed by atoms with E-state index in [-0.39, 0.29) is 43.9 Å². The number of aliphatic hydroxyl groups excluding tert-OH is 1. The van der Waals surface area contributed by atoms with Gasteiger partial charge in [0.2, 0.25) is 5.91 Å². The molecule has 0 spiro atoms. The lowest BCUT2D eigenvalue weighted by Gasteiger charge is -2.36. The van der Waals surface area contributed by atoms with Gasteiger partial charge in [0, 0.05) is 19.7 Å². The van der Waals surface area contributed by atoms with E-state index in [0.717, 1.165) is 0 Å². The molecular formula is C13H20F3NO3. The van der Waals surface area contributed by atoms with Crippen LogP contribution in [0.15, 0.2) is 0 Å². The Kier molecular flexibility index (Phi) is 4.59. The molecule has 116 valence electrons. The molecule has 0 aromatic heterocycles. The first-order valence-corrected chi connectivity index (χ1v) is 6.96. The van der Waals surface area contributed by atoms with E-state index in [1.807, 2.05) is 6.92 Å². The number of likely N-dealkylation sites (tertiary alicyclic amines) is 1. The van der Waals surface area contributed by atoms with E-state index in [2.05, 4.69) is 0 Å². The van der Waals surface area contributed by atoms with E-state index in [4.69, 9.17) is 4.74 Å². The van der Waals surface area contributed by atoms with Crippen LogP contribution >= 0.6 is 0 Å². The highest BCUT2D eigenvalue weighted by Gasteiger charge is 2.45. The number of carbonyl (C=O) groups excluding carboxylic acids is 1. The van der Waals surface area contributed by atoms with Crippen molar-refractivity contribution < 1.29 is 27.8 Å². The van der Waals surface area contributed by atoms with Crippen molar-refractivity contribution in [2.75, 3.05) is 19.7 Å². The Bertz CT molecular complexity index is 353. The Balaban J connectivity index is 1.86. The van der Waals surface area contributed by atoms with Gasteiger partial charge in [0.1, 0.15) is 0 Å². The second-order valence-corrected chi connectivity index (χ2v) is 5.62. The zero-order valence-corrected chi connectivity index (χ0v) is 11.4. The van der Waals surface area contributed by atoms with Gasteiger partial charge in [-0.3, -0.25) is 4.79 Å². The fourth-order valence-corrected chi connectivity index (χ4v) is 2.99. The molecule has 2 aliphatic rings. The highest BCUT2D eigenvalue weighted by Crippen LogP contribution is 2.32. The Hall–Kier alpha value is -0.820. The predicted octanol–water partition coefficient (Wildman–Crippen LogP) is 1.57. The predicted molar refractivity (Wildman–Crippen MR) is 64.9 cm³/mol. The normalized spacial score (nSPS) is 30.6. The van der Waals surface area contributed by atoms with Gasteiger partial charge in [0.15, 0.2) is 6.10 Å². The summed E-state index contributed by atoms with van der Waals surface area (Å²) in [4.78, 5) is 13.9. The standard InChI is InChI=1S/C13H20F3NO3/c1-8-10(4-7-20-8)12(19)17-5-2-9(3-6-17)11(18)13(14,15)16/h8-11,18H,2-7H2,1H3. The van der Waals surface area contributed by atoms with Gasteiger partial charge in [-0.15, -0.1) is 0 Å². The van der Waals surface area contributed by atoms with Crippen molar-refractivity contribution in [3.63, 3.8) is 0 Å². The van der Waals surface area contributed by atoms with Crippen LogP contribution in [-0.2, 0) is 9.53 Å². The summed E-state index contributed by atoms with van der Waals surface area (Å²) < 4.78 is 42.7. The Labute approximate surface area is 115 Å². The van der Waals surface area contributed by atoms with Gasteiger partial charge >= 0.3 is 6.18 Å². The highest BCUT2D eigenvalue weighted by atomic mass is 19.4. The minimum Gasteiger partial charge on any atom is -0.383 e. The topological polar surface area (TPSA) is 49.8 Å². The third kappa shape index (κ3) is 3.25. The molecule has 3 unspecified atom stereocenters. The van der Waals surface area contributed by atoms with E-state index in [1.54, 1.807) is 4.90 Å². The maximum Gasteiger partial charge on any atom is 0.414 e. The monoisotopic (exact) mass is 295 g/mol. The second kappa shape index (κ2) is 5.89. The van der Waals surface area contributed by atoms with Crippen LogP contribution in [0.4, 0.5) is 13.2 Å². The Morgan fingerprint density at radius 2 is 1.90 bits per heavy atom. The zero-order valence-electron chi connectivity index (χ0n) is 11.4. The number of amides is 1. The molecule has 2 heterocycles. The Morgan fingerprint density at radius 1 is 1.30 bits per heavy atom. The van der Waals surface area contributed by atoms with E-state index in [9.17, 15) is 23.1 Å². The number of rotatable bonds is 2. The number of hydrogen-bond donors (Lipinski definition) is 1. The molecular weight excluding hydrogens is 275 g/mol. The zero-order chi connectivity index (χ0) is 14.9. The smallest absolute Gasteiger partial charge is 0.383 e. The van der Waals surface area contributed by atoms with Gasteiger partial charge in [-0.2, -0.15) is 13.2 Å². The lowest BCUT2D eigenvalue weighted by molar-refractivity contribution is -0.223. The lowest BCUT2D eigenvalue weighted by Crippen LogP contribution is -2.47. The van der Waals surface area contributed by atoms with Crippen LogP contribution in [0.2, 0.25) is 0 Å². The SMILES string of the molecule is CC1OCCC1C(=O)N1CCC(C(O)C(F)(F)F)CC1. The first-order chi connectivity index (χ1) is 9.30. The molecule has 0 radical (unpaired) electrons. The molecule has 2 saturated heterocycles. The van der Waals surface area contributed by atoms with Gasteiger partial charge in [0.25, 0.3) is 0 Å². The largest absolute Gasteiger partial charge is 0.414 e. The van der Waals surface area contributed by atoms with Crippen molar-refractivity contribution in [3.05, 3.63) is 0 Å². The fourth-order valence-electron chi connectivity index (χ4n) is 2.99.